The first-order valence-electron chi connectivity index (χ1n) is 8.39. The average molecular weight is 378 g/mol. The van der Waals surface area contributed by atoms with E-state index in [1.165, 1.54) is 4.90 Å². The Morgan fingerprint density at radius 2 is 1.81 bits per heavy atom. The first-order valence-corrected chi connectivity index (χ1v) is 8.39. The lowest BCUT2D eigenvalue weighted by molar-refractivity contribution is -0.140. The second-order valence-electron chi connectivity index (χ2n) is 6.21. The normalized spacial score (nSPS) is 14.6. The van der Waals surface area contributed by atoms with Crippen molar-refractivity contribution in [2.75, 3.05) is 13.1 Å². The summed E-state index contributed by atoms with van der Waals surface area (Å²) < 4.78 is 43.4. The molecule has 1 amide bonds. The van der Waals surface area contributed by atoms with E-state index in [0.29, 0.717) is 5.56 Å². The van der Waals surface area contributed by atoms with Gasteiger partial charge in [0, 0.05) is 30.7 Å². The Bertz CT molecular complexity index is 818. The zero-order valence-electron chi connectivity index (χ0n) is 14.3. The summed E-state index contributed by atoms with van der Waals surface area (Å²) in [5.41, 5.74) is -0.273. The molecule has 8 heteroatoms. The number of amides is 1. The molecular weight excluding hydrogens is 361 g/mol. The molecular formula is C19H17F3N2O3. The number of carbonyl (C=O) groups is 2. The Morgan fingerprint density at radius 3 is 2.48 bits per heavy atom. The summed E-state index contributed by atoms with van der Waals surface area (Å²) in [5, 5.41) is 0. The van der Waals surface area contributed by atoms with Gasteiger partial charge in [-0.25, -0.2) is 4.98 Å². The highest BCUT2D eigenvalue weighted by atomic mass is 19.4. The second kappa shape index (κ2) is 7.77. The van der Waals surface area contributed by atoms with Gasteiger partial charge in [-0.2, -0.15) is 13.2 Å². The van der Waals surface area contributed by atoms with Gasteiger partial charge in [0.1, 0.15) is 6.10 Å². The van der Waals surface area contributed by atoms with Crippen molar-refractivity contribution in [2.24, 2.45) is 0 Å². The SMILES string of the molecule is O=C(CCC(=O)N1CC(Oc2cc(C(F)(F)F)ccn2)C1)c1ccccc1. The van der Waals surface area contributed by atoms with Crippen LogP contribution < -0.4 is 4.74 Å². The number of ether oxygens (including phenoxy) is 1. The number of Topliss-reactive ketones (excluding diaryl/α,β-unsaturated/α-hetero) is 1. The number of rotatable bonds is 6. The van der Waals surface area contributed by atoms with Gasteiger partial charge in [0.15, 0.2) is 5.78 Å². The molecule has 1 aliphatic rings. The molecule has 0 bridgehead atoms. The van der Waals surface area contributed by atoms with Crippen LogP contribution >= 0.6 is 0 Å². The van der Waals surface area contributed by atoms with Crippen LogP contribution in [-0.2, 0) is 11.0 Å². The van der Waals surface area contributed by atoms with E-state index in [1.54, 1.807) is 30.3 Å². The third-order valence-corrected chi connectivity index (χ3v) is 4.21. The highest BCUT2D eigenvalue weighted by molar-refractivity contribution is 5.97. The molecule has 142 valence electrons. The molecule has 5 nitrogen and oxygen atoms in total. The Morgan fingerprint density at radius 1 is 1.11 bits per heavy atom. The molecule has 0 radical (unpaired) electrons. The Balaban J connectivity index is 1.44. The highest BCUT2D eigenvalue weighted by Gasteiger charge is 2.34. The Hall–Kier alpha value is -2.90. The molecule has 1 saturated heterocycles. The van der Waals surface area contributed by atoms with Crippen LogP contribution in [0.25, 0.3) is 0 Å². The number of aromatic nitrogens is 1. The lowest BCUT2D eigenvalue weighted by Gasteiger charge is -2.38. The van der Waals surface area contributed by atoms with Crippen LogP contribution in [0.3, 0.4) is 0 Å². The number of hydrogen-bond acceptors (Lipinski definition) is 4. The van der Waals surface area contributed by atoms with Crippen LogP contribution in [0.5, 0.6) is 5.88 Å². The summed E-state index contributed by atoms with van der Waals surface area (Å²) in [6.45, 7) is 0.520. The van der Waals surface area contributed by atoms with Crippen LogP contribution in [0.2, 0.25) is 0 Å². The van der Waals surface area contributed by atoms with Crippen molar-refractivity contribution >= 4 is 11.7 Å². The lowest BCUT2D eigenvalue weighted by Crippen LogP contribution is -2.56. The fourth-order valence-corrected chi connectivity index (χ4v) is 2.68. The molecule has 2 heterocycles. The monoisotopic (exact) mass is 378 g/mol. The van der Waals surface area contributed by atoms with Gasteiger partial charge in [-0.1, -0.05) is 30.3 Å². The van der Waals surface area contributed by atoms with Gasteiger partial charge in [-0.15, -0.1) is 0 Å². The average Bonchev–Trinajstić information content (AvgIpc) is 2.62. The fraction of sp³-hybridized carbons (Fsp3) is 0.316. The maximum absolute atomic E-state index is 12.7. The van der Waals surface area contributed by atoms with E-state index in [9.17, 15) is 22.8 Å². The van der Waals surface area contributed by atoms with Crippen LogP contribution in [-0.4, -0.2) is 40.8 Å². The van der Waals surface area contributed by atoms with Crippen molar-refractivity contribution in [1.29, 1.82) is 0 Å². The topological polar surface area (TPSA) is 59.5 Å². The number of pyridine rings is 1. The van der Waals surface area contributed by atoms with Crippen molar-refractivity contribution in [2.45, 2.75) is 25.1 Å². The molecule has 1 aliphatic heterocycles. The highest BCUT2D eigenvalue weighted by Crippen LogP contribution is 2.31. The molecule has 0 saturated carbocycles. The molecule has 0 atom stereocenters. The standard InChI is InChI=1S/C19H17F3N2O3/c20-19(21,22)14-8-9-23-17(10-14)27-15-11-24(12-15)18(26)7-6-16(25)13-4-2-1-3-5-13/h1-5,8-10,15H,6-7,11-12H2. The van der Waals surface area contributed by atoms with E-state index in [2.05, 4.69) is 4.98 Å². The minimum absolute atomic E-state index is 0.0856. The first-order chi connectivity index (χ1) is 12.8. The van der Waals surface area contributed by atoms with Crippen molar-refractivity contribution in [1.82, 2.24) is 9.88 Å². The number of alkyl halides is 3. The molecule has 1 aromatic heterocycles. The van der Waals surface area contributed by atoms with E-state index in [1.807, 2.05) is 0 Å². The van der Waals surface area contributed by atoms with Crippen LogP contribution in [0, 0.1) is 0 Å². The quantitative estimate of drug-likeness (QED) is 0.724. The van der Waals surface area contributed by atoms with E-state index >= 15 is 0 Å². The van der Waals surface area contributed by atoms with Gasteiger partial charge in [-0.3, -0.25) is 9.59 Å². The van der Waals surface area contributed by atoms with Gasteiger partial charge in [-0.05, 0) is 6.07 Å². The number of halogens is 3. The van der Waals surface area contributed by atoms with Crippen LogP contribution in [0.4, 0.5) is 13.2 Å². The zero-order valence-corrected chi connectivity index (χ0v) is 14.3. The summed E-state index contributed by atoms with van der Waals surface area (Å²) in [6.07, 6.45) is -3.64. The minimum Gasteiger partial charge on any atom is -0.471 e. The summed E-state index contributed by atoms with van der Waals surface area (Å²) >= 11 is 0. The van der Waals surface area contributed by atoms with Gasteiger partial charge < -0.3 is 9.64 Å². The van der Waals surface area contributed by atoms with Crippen LogP contribution in [0.15, 0.2) is 48.7 Å². The van der Waals surface area contributed by atoms with Gasteiger partial charge in [0.05, 0.1) is 18.7 Å². The van der Waals surface area contributed by atoms with Crippen molar-refractivity contribution in [3.05, 3.63) is 59.8 Å². The van der Waals surface area contributed by atoms with E-state index < -0.39 is 17.8 Å². The Labute approximate surface area is 153 Å². The maximum atomic E-state index is 12.7. The number of likely N-dealkylation sites (tertiary alicyclic amines) is 1. The zero-order chi connectivity index (χ0) is 19.4. The summed E-state index contributed by atoms with van der Waals surface area (Å²) in [4.78, 5) is 29.4. The molecule has 1 fully saturated rings. The maximum Gasteiger partial charge on any atom is 0.416 e. The summed E-state index contributed by atoms with van der Waals surface area (Å²) in [5.74, 6) is -0.414. The predicted molar refractivity (Wildman–Crippen MR) is 90.2 cm³/mol. The largest absolute Gasteiger partial charge is 0.471 e. The minimum atomic E-state index is -4.46. The molecule has 0 unspecified atom stereocenters. The third kappa shape index (κ3) is 4.84. The summed E-state index contributed by atoms with van der Waals surface area (Å²) in [7, 11) is 0. The Kier molecular flexibility index (Phi) is 5.43. The van der Waals surface area contributed by atoms with E-state index in [0.717, 1.165) is 18.3 Å². The van der Waals surface area contributed by atoms with Gasteiger partial charge in [0.25, 0.3) is 0 Å². The lowest BCUT2D eigenvalue weighted by atomic mass is 10.0. The number of hydrogen-bond donors (Lipinski definition) is 0. The second-order valence-corrected chi connectivity index (χ2v) is 6.21. The number of ketones is 1. The molecule has 2 aromatic rings. The predicted octanol–water partition coefficient (Wildman–Crippen LogP) is 3.35. The number of benzene rings is 1. The molecule has 1 aromatic carbocycles. The van der Waals surface area contributed by atoms with Crippen molar-refractivity contribution in [3.63, 3.8) is 0 Å². The molecule has 0 N–H and O–H groups in total. The van der Waals surface area contributed by atoms with Gasteiger partial charge in [0.2, 0.25) is 11.8 Å². The van der Waals surface area contributed by atoms with Crippen molar-refractivity contribution in [3.8, 4) is 5.88 Å². The number of nitrogens with zero attached hydrogens (tertiary/aromatic N) is 2. The number of carbonyl (C=O) groups excluding carboxylic acids is 2. The van der Waals surface area contributed by atoms with E-state index in [4.69, 9.17) is 4.74 Å². The van der Waals surface area contributed by atoms with Crippen molar-refractivity contribution < 1.29 is 27.5 Å². The molecule has 0 spiro atoms. The first kappa shape index (κ1) is 18.9. The molecule has 0 aliphatic carbocycles. The van der Waals surface area contributed by atoms with Gasteiger partial charge >= 0.3 is 6.18 Å². The third-order valence-electron chi connectivity index (χ3n) is 4.21. The molecule has 3 rings (SSSR count). The molecule has 27 heavy (non-hydrogen) atoms. The van der Waals surface area contributed by atoms with E-state index in [-0.39, 0.29) is 43.5 Å². The smallest absolute Gasteiger partial charge is 0.416 e. The fourth-order valence-electron chi connectivity index (χ4n) is 2.68. The van der Waals surface area contributed by atoms with Crippen LogP contribution in [0.1, 0.15) is 28.8 Å². The summed E-state index contributed by atoms with van der Waals surface area (Å²) in [6, 6.07) is 10.4.